The molecule has 0 aliphatic rings. The zero-order chi connectivity index (χ0) is 30.7. The van der Waals surface area contributed by atoms with Gasteiger partial charge in [0.05, 0.1) is 23.0 Å². The van der Waals surface area contributed by atoms with Crippen LogP contribution in [-0.4, -0.2) is 138 Å². The maximum atomic E-state index is 11.3. The van der Waals surface area contributed by atoms with Crippen molar-refractivity contribution in [1.29, 1.82) is 0 Å². The van der Waals surface area contributed by atoms with Gasteiger partial charge in [0.1, 0.15) is 0 Å². The van der Waals surface area contributed by atoms with Gasteiger partial charge in [0.2, 0.25) is 0 Å². The molecule has 242 valence electrons. The number of unbranched alkanes of at least 4 members (excludes halogenated alkanes) is 4. The van der Waals surface area contributed by atoms with Crippen molar-refractivity contribution in [2.75, 3.05) is 75.4 Å². The summed E-state index contributed by atoms with van der Waals surface area (Å²) in [5.74, 6) is -1.45. The molecule has 0 saturated carbocycles. The first-order valence-electron chi connectivity index (χ1n) is 13.0. The summed E-state index contributed by atoms with van der Waals surface area (Å²) in [6.45, 7) is 4.06. The predicted molar refractivity (Wildman–Crippen MR) is 149 cm³/mol. The van der Waals surface area contributed by atoms with Gasteiger partial charge in [0.25, 0.3) is 40.5 Å². The highest BCUT2D eigenvalue weighted by molar-refractivity contribution is 7.86. The zero-order valence-corrected chi connectivity index (χ0v) is 25.9. The minimum atomic E-state index is -4.14. The Morgan fingerprint density at radius 1 is 0.475 bits per heavy atom. The fourth-order valence-corrected chi connectivity index (χ4v) is 6.03. The van der Waals surface area contributed by atoms with Gasteiger partial charge in [0.15, 0.2) is 0 Å². The molecule has 0 aliphatic carbocycles. The molecule has 0 aromatic carbocycles. The van der Waals surface area contributed by atoms with E-state index in [4.69, 9.17) is 18.9 Å². The average Bonchev–Trinajstić information content (AvgIpc) is 2.81. The first-order chi connectivity index (χ1) is 18.4. The standard InChI is InChI=1S/C20H45N3O13S4/c24-36-40(34,35)20-7-4-11-22(13-8-19-39(31,32)33)15-16-23(12-3-6-18-38(28,29)30)14-10-21-9-2-1-5-17-37(25,26)27/h21,24H,1-20H2,(H,25,26,27)(H,28,29,30)(H,31,32,33). The van der Waals surface area contributed by atoms with Gasteiger partial charge in [-0.05, 0) is 71.1 Å². The Morgan fingerprint density at radius 2 is 0.900 bits per heavy atom. The van der Waals surface area contributed by atoms with Gasteiger partial charge in [-0.3, -0.25) is 13.7 Å². The van der Waals surface area contributed by atoms with Gasteiger partial charge in [-0.15, -0.1) is 4.33 Å². The molecule has 0 aromatic heterocycles. The Labute approximate surface area is 238 Å². The van der Waals surface area contributed by atoms with E-state index in [0.29, 0.717) is 84.5 Å². The fraction of sp³-hybridized carbons (Fsp3) is 1.00. The average molecular weight is 664 g/mol. The van der Waals surface area contributed by atoms with Crippen LogP contribution in [0.25, 0.3) is 0 Å². The molecule has 0 atom stereocenters. The number of hydrogen-bond donors (Lipinski definition) is 5. The normalized spacial score (nSPS) is 13.4. The van der Waals surface area contributed by atoms with Crippen LogP contribution in [0.1, 0.15) is 51.4 Å². The smallest absolute Gasteiger partial charge is 0.293 e. The quantitative estimate of drug-likeness (QED) is 0.0330. The number of nitrogens with one attached hydrogen (secondary N) is 1. The van der Waals surface area contributed by atoms with Crippen molar-refractivity contribution in [2.45, 2.75) is 51.4 Å². The maximum absolute atomic E-state index is 11.3. The summed E-state index contributed by atoms with van der Waals surface area (Å²) in [6.07, 6.45) is 3.22. The van der Waals surface area contributed by atoms with Crippen LogP contribution in [0.5, 0.6) is 0 Å². The molecule has 0 amide bonds. The highest BCUT2D eigenvalue weighted by Crippen LogP contribution is 2.05. The van der Waals surface area contributed by atoms with Gasteiger partial charge >= 0.3 is 0 Å². The molecule has 0 unspecified atom stereocenters. The molecule has 0 radical (unpaired) electrons. The molecule has 16 nitrogen and oxygen atoms in total. The summed E-state index contributed by atoms with van der Waals surface area (Å²) >= 11 is 0. The second-order valence-corrected chi connectivity index (χ2v) is 15.8. The van der Waals surface area contributed by atoms with Crippen LogP contribution in [0.3, 0.4) is 0 Å². The van der Waals surface area contributed by atoms with Crippen molar-refractivity contribution in [3.05, 3.63) is 0 Å². The summed E-state index contributed by atoms with van der Waals surface area (Å²) in [5.41, 5.74) is 0. The summed E-state index contributed by atoms with van der Waals surface area (Å²) in [7, 11) is -16.2. The van der Waals surface area contributed by atoms with Gasteiger partial charge in [0, 0.05) is 26.2 Å². The topological polar surface area (TPSA) is 245 Å². The molecule has 0 aliphatic heterocycles. The predicted octanol–water partition coefficient (Wildman–Crippen LogP) is -0.216. The Morgan fingerprint density at radius 3 is 1.40 bits per heavy atom. The fourth-order valence-electron chi connectivity index (χ4n) is 3.77. The molecule has 0 bridgehead atoms. The van der Waals surface area contributed by atoms with Crippen molar-refractivity contribution in [3.8, 4) is 0 Å². The lowest BCUT2D eigenvalue weighted by atomic mass is 10.2. The minimum Gasteiger partial charge on any atom is -0.315 e. The van der Waals surface area contributed by atoms with E-state index >= 15 is 0 Å². The molecule has 5 N–H and O–H groups in total. The van der Waals surface area contributed by atoms with Crippen LogP contribution >= 0.6 is 0 Å². The lowest BCUT2D eigenvalue weighted by molar-refractivity contribution is -0.130. The Bertz CT molecular complexity index is 1100. The van der Waals surface area contributed by atoms with Crippen molar-refractivity contribution in [2.24, 2.45) is 0 Å². The third kappa shape index (κ3) is 27.6. The molecule has 40 heavy (non-hydrogen) atoms. The molecular formula is C20H45N3O13S4. The summed E-state index contributed by atoms with van der Waals surface area (Å²) < 4.78 is 118. The third-order valence-corrected chi connectivity index (χ3v) is 9.26. The van der Waals surface area contributed by atoms with Crippen LogP contribution in [0, 0.1) is 0 Å². The van der Waals surface area contributed by atoms with Gasteiger partial charge in [-0.2, -0.15) is 33.7 Å². The maximum Gasteiger partial charge on any atom is 0.293 e. The van der Waals surface area contributed by atoms with Crippen LogP contribution in [-0.2, 0) is 44.8 Å². The molecule has 0 saturated heterocycles. The van der Waals surface area contributed by atoms with Crippen molar-refractivity contribution < 1.29 is 56.9 Å². The molecular weight excluding hydrogens is 618 g/mol. The second-order valence-electron chi connectivity index (χ2n) is 9.46. The van der Waals surface area contributed by atoms with Crippen LogP contribution in [0.2, 0.25) is 0 Å². The summed E-state index contributed by atoms with van der Waals surface area (Å²) in [4.78, 5) is 3.99. The first kappa shape index (κ1) is 39.5. The van der Waals surface area contributed by atoms with E-state index in [1.54, 1.807) is 0 Å². The summed E-state index contributed by atoms with van der Waals surface area (Å²) in [6, 6.07) is 0. The van der Waals surface area contributed by atoms with Gasteiger partial charge in [-0.25, -0.2) is 5.26 Å². The van der Waals surface area contributed by atoms with Crippen molar-refractivity contribution in [1.82, 2.24) is 15.1 Å². The Kier molecular flexibility index (Phi) is 20.1. The van der Waals surface area contributed by atoms with E-state index in [0.717, 1.165) is 0 Å². The van der Waals surface area contributed by atoms with Crippen LogP contribution in [0.4, 0.5) is 0 Å². The lowest BCUT2D eigenvalue weighted by Crippen LogP contribution is -2.40. The first-order valence-corrected chi connectivity index (χ1v) is 19.4. The molecule has 0 rings (SSSR count). The van der Waals surface area contributed by atoms with Crippen LogP contribution in [0.15, 0.2) is 0 Å². The van der Waals surface area contributed by atoms with E-state index in [2.05, 4.69) is 14.6 Å². The van der Waals surface area contributed by atoms with Gasteiger partial charge in [-0.1, -0.05) is 6.42 Å². The minimum absolute atomic E-state index is 0.157. The number of rotatable bonds is 27. The Hall–Kier alpha value is -0.520. The number of nitrogens with zero attached hydrogens (tertiary/aromatic N) is 2. The van der Waals surface area contributed by atoms with Gasteiger partial charge < -0.3 is 15.1 Å². The van der Waals surface area contributed by atoms with E-state index in [1.165, 1.54) is 0 Å². The monoisotopic (exact) mass is 663 g/mol. The Balaban J connectivity index is 4.86. The van der Waals surface area contributed by atoms with Crippen molar-refractivity contribution >= 4 is 40.5 Å². The third-order valence-electron chi connectivity index (χ3n) is 5.83. The molecule has 0 aromatic rings. The summed E-state index contributed by atoms with van der Waals surface area (Å²) in [5, 5.41) is 11.6. The molecule has 0 fully saturated rings. The van der Waals surface area contributed by atoms with E-state index in [1.807, 2.05) is 4.90 Å². The van der Waals surface area contributed by atoms with Crippen molar-refractivity contribution in [3.63, 3.8) is 0 Å². The molecule has 0 spiro atoms. The highest BCUT2D eigenvalue weighted by Gasteiger charge is 2.14. The SMILES string of the molecule is O=S(=O)(O)CCCCCNCCN(CCCCS(=O)(=O)O)CCN(CCCCS(=O)(=O)OO)CCCS(=O)(=O)O. The van der Waals surface area contributed by atoms with E-state index < -0.39 is 46.2 Å². The van der Waals surface area contributed by atoms with Crippen LogP contribution < -0.4 is 5.32 Å². The largest absolute Gasteiger partial charge is 0.315 e. The second kappa shape index (κ2) is 20.4. The van der Waals surface area contributed by atoms with E-state index in [-0.39, 0.29) is 36.5 Å². The zero-order valence-electron chi connectivity index (χ0n) is 22.6. The van der Waals surface area contributed by atoms with E-state index in [9.17, 15) is 33.7 Å². The lowest BCUT2D eigenvalue weighted by Gasteiger charge is -2.28. The number of hydrogen-bond acceptors (Lipinski definition) is 13. The highest BCUT2D eigenvalue weighted by atomic mass is 32.2. The molecule has 20 heteroatoms. The molecule has 0 heterocycles.